The smallest absolute Gasteiger partial charge is 0.319 e. The molecular formula is C30H28FN3O6. The molecule has 3 aromatic carbocycles. The number of nitrogens with zero attached hydrogens (tertiary/aromatic N) is 1. The van der Waals surface area contributed by atoms with Crippen LogP contribution in [0.1, 0.15) is 18.4 Å². The summed E-state index contributed by atoms with van der Waals surface area (Å²) in [5, 5.41) is 6.22. The molecule has 0 unspecified atom stereocenters. The summed E-state index contributed by atoms with van der Waals surface area (Å²) in [5.74, 6) is 2.51. The van der Waals surface area contributed by atoms with Crippen molar-refractivity contribution < 1.29 is 32.9 Å². The summed E-state index contributed by atoms with van der Waals surface area (Å²) in [6.45, 7) is 2.44. The van der Waals surface area contributed by atoms with Gasteiger partial charge in [-0.15, -0.1) is 0 Å². The molecule has 1 saturated heterocycles. The molecule has 0 spiro atoms. The summed E-state index contributed by atoms with van der Waals surface area (Å²) in [4.78, 5) is 16.8. The largest absolute Gasteiger partial charge is 0.486 e. The van der Waals surface area contributed by atoms with Crippen LogP contribution in [0, 0.1) is 5.82 Å². The molecule has 0 saturated carbocycles. The molecule has 2 N–H and O–H groups in total. The predicted molar refractivity (Wildman–Crippen MR) is 146 cm³/mol. The van der Waals surface area contributed by atoms with Crippen LogP contribution in [0.2, 0.25) is 0 Å². The Kier molecular flexibility index (Phi) is 7.49. The number of benzene rings is 3. The van der Waals surface area contributed by atoms with Crippen LogP contribution in [0.15, 0.2) is 66.9 Å². The molecule has 2 amide bonds. The van der Waals surface area contributed by atoms with Gasteiger partial charge in [0.25, 0.3) is 0 Å². The monoisotopic (exact) mass is 545 g/mol. The number of aromatic nitrogens is 1. The van der Waals surface area contributed by atoms with Crippen LogP contribution in [-0.4, -0.2) is 43.5 Å². The van der Waals surface area contributed by atoms with Gasteiger partial charge in [0.05, 0.1) is 24.1 Å². The molecule has 0 bridgehead atoms. The summed E-state index contributed by atoms with van der Waals surface area (Å²) >= 11 is 0. The van der Waals surface area contributed by atoms with Gasteiger partial charge in [0.2, 0.25) is 5.75 Å². The number of carbonyl (C=O) groups excluding carboxylic acids is 1. The third-order valence-corrected chi connectivity index (χ3v) is 6.61. The third-order valence-electron chi connectivity index (χ3n) is 6.61. The van der Waals surface area contributed by atoms with E-state index in [0.717, 1.165) is 18.4 Å². The van der Waals surface area contributed by atoms with Crippen molar-refractivity contribution in [3.63, 3.8) is 0 Å². The van der Waals surface area contributed by atoms with Crippen molar-refractivity contribution >= 4 is 22.6 Å². The zero-order valence-electron chi connectivity index (χ0n) is 21.7. The van der Waals surface area contributed by atoms with Crippen LogP contribution in [-0.2, 0) is 11.3 Å². The summed E-state index contributed by atoms with van der Waals surface area (Å²) < 4.78 is 43.1. The number of rotatable bonds is 7. The van der Waals surface area contributed by atoms with Gasteiger partial charge in [0.1, 0.15) is 36.6 Å². The molecule has 0 aliphatic carbocycles. The molecule has 40 heavy (non-hydrogen) atoms. The van der Waals surface area contributed by atoms with Crippen LogP contribution in [0.4, 0.5) is 14.9 Å². The number of ether oxygens (including phenoxy) is 5. The molecule has 0 radical (unpaired) electrons. The van der Waals surface area contributed by atoms with E-state index in [-0.39, 0.29) is 24.5 Å². The topological polar surface area (TPSA) is 100 Å². The van der Waals surface area contributed by atoms with Crippen LogP contribution >= 0.6 is 0 Å². The van der Waals surface area contributed by atoms with Crippen molar-refractivity contribution in [2.75, 3.05) is 31.7 Å². The Morgan fingerprint density at radius 2 is 1.68 bits per heavy atom. The highest BCUT2D eigenvalue weighted by Crippen LogP contribution is 2.49. The van der Waals surface area contributed by atoms with Crippen molar-refractivity contribution in [1.29, 1.82) is 0 Å². The lowest BCUT2D eigenvalue weighted by Crippen LogP contribution is -2.28. The first-order valence-electron chi connectivity index (χ1n) is 13.2. The van der Waals surface area contributed by atoms with Crippen molar-refractivity contribution in [2.24, 2.45) is 0 Å². The molecule has 2 aliphatic heterocycles. The fourth-order valence-corrected chi connectivity index (χ4v) is 4.61. The fraction of sp³-hybridized carbons (Fsp3) is 0.267. The maximum Gasteiger partial charge on any atom is 0.319 e. The van der Waals surface area contributed by atoms with Crippen molar-refractivity contribution in [3.8, 4) is 28.7 Å². The maximum absolute atomic E-state index is 13.1. The lowest BCUT2D eigenvalue weighted by molar-refractivity contribution is 0.0234. The fourth-order valence-electron chi connectivity index (χ4n) is 4.61. The van der Waals surface area contributed by atoms with Crippen molar-refractivity contribution in [2.45, 2.75) is 25.5 Å². The second-order valence-corrected chi connectivity index (χ2v) is 9.42. The van der Waals surface area contributed by atoms with Gasteiger partial charge in [0, 0.05) is 37.3 Å². The molecule has 2 aliphatic rings. The van der Waals surface area contributed by atoms with Gasteiger partial charge in [-0.25, -0.2) is 9.18 Å². The lowest BCUT2D eigenvalue weighted by atomic mass is 10.1. The number of hydrogen-bond acceptors (Lipinski definition) is 7. The van der Waals surface area contributed by atoms with E-state index >= 15 is 0 Å². The molecule has 4 aromatic rings. The third kappa shape index (κ3) is 5.86. The first kappa shape index (κ1) is 25.7. The Morgan fingerprint density at radius 1 is 0.925 bits per heavy atom. The first-order valence-corrected chi connectivity index (χ1v) is 13.2. The Bertz CT molecular complexity index is 1490. The van der Waals surface area contributed by atoms with E-state index in [9.17, 15) is 9.18 Å². The van der Waals surface area contributed by atoms with Gasteiger partial charge in [-0.05, 0) is 48.0 Å². The van der Waals surface area contributed by atoms with Crippen LogP contribution in [0.5, 0.6) is 28.7 Å². The maximum atomic E-state index is 13.1. The highest BCUT2D eigenvalue weighted by molar-refractivity contribution is 5.95. The number of hydrogen-bond donors (Lipinski definition) is 2. The molecule has 206 valence electrons. The zero-order chi connectivity index (χ0) is 27.3. The summed E-state index contributed by atoms with van der Waals surface area (Å²) in [7, 11) is 0. The SMILES string of the molecule is O=C(NCc1ccc(F)cc1)Nc1ccc(Oc2ccnc3cc(OC4CCOCC4)c4c(c23)OCCO4)cc1. The number of halogens is 1. The van der Waals surface area contributed by atoms with Gasteiger partial charge in [0.15, 0.2) is 11.5 Å². The number of fused-ring (bicyclic) bond motifs is 3. The average Bonchev–Trinajstić information content (AvgIpc) is 2.98. The van der Waals surface area contributed by atoms with E-state index in [0.29, 0.717) is 71.8 Å². The number of amides is 2. The number of pyridine rings is 1. The minimum Gasteiger partial charge on any atom is -0.486 e. The predicted octanol–water partition coefficient (Wildman–Crippen LogP) is 5.82. The number of nitrogens with one attached hydrogen (secondary N) is 2. The lowest BCUT2D eigenvalue weighted by Gasteiger charge is -2.27. The van der Waals surface area contributed by atoms with Crippen molar-refractivity contribution in [3.05, 3.63) is 78.2 Å². The molecule has 6 rings (SSSR count). The van der Waals surface area contributed by atoms with Gasteiger partial charge >= 0.3 is 6.03 Å². The minimum atomic E-state index is -0.374. The van der Waals surface area contributed by atoms with Gasteiger partial charge in [-0.3, -0.25) is 4.98 Å². The highest BCUT2D eigenvalue weighted by atomic mass is 19.1. The molecule has 3 heterocycles. The number of urea groups is 1. The first-order chi connectivity index (χ1) is 19.6. The highest BCUT2D eigenvalue weighted by Gasteiger charge is 2.27. The molecule has 10 heteroatoms. The Morgan fingerprint density at radius 3 is 2.45 bits per heavy atom. The van der Waals surface area contributed by atoms with E-state index in [4.69, 9.17) is 23.7 Å². The molecule has 1 fully saturated rings. The molecule has 1 aromatic heterocycles. The number of carbonyl (C=O) groups is 1. The summed E-state index contributed by atoms with van der Waals surface area (Å²) in [6.07, 6.45) is 3.33. The summed E-state index contributed by atoms with van der Waals surface area (Å²) in [6, 6.07) is 16.2. The molecular weight excluding hydrogens is 517 g/mol. The normalized spacial score (nSPS) is 14.9. The van der Waals surface area contributed by atoms with E-state index in [2.05, 4.69) is 15.6 Å². The zero-order valence-corrected chi connectivity index (χ0v) is 21.7. The number of anilines is 1. The summed E-state index contributed by atoms with van der Waals surface area (Å²) in [5.41, 5.74) is 2.05. The van der Waals surface area contributed by atoms with E-state index in [1.165, 1.54) is 12.1 Å². The second-order valence-electron chi connectivity index (χ2n) is 9.42. The quantitative estimate of drug-likeness (QED) is 0.302. The van der Waals surface area contributed by atoms with Crippen LogP contribution in [0.25, 0.3) is 10.9 Å². The average molecular weight is 546 g/mol. The van der Waals surface area contributed by atoms with Gasteiger partial charge in [-0.2, -0.15) is 0 Å². The molecule has 0 atom stereocenters. The van der Waals surface area contributed by atoms with E-state index in [1.54, 1.807) is 48.7 Å². The van der Waals surface area contributed by atoms with Gasteiger partial charge < -0.3 is 34.3 Å². The minimum absolute atomic E-state index is 0.0392. The Balaban J connectivity index is 1.17. The van der Waals surface area contributed by atoms with E-state index < -0.39 is 0 Å². The van der Waals surface area contributed by atoms with Crippen molar-refractivity contribution in [1.82, 2.24) is 10.3 Å². The molecule has 9 nitrogen and oxygen atoms in total. The van der Waals surface area contributed by atoms with Crippen LogP contribution < -0.4 is 29.6 Å². The van der Waals surface area contributed by atoms with Gasteiger partial charge in [-0.1, -0.05) is 12.1 Å². The second kappa shape index (κ2) is 11.7. The van der Waals surface area contributed by atoms with E-state index in [1.807, 2.05) is 6.07 Å². The van der Waals surface area contributed by atoms with Crippen LogP contribution in [0.3, 0.4) is 0 Å². The Hall–Kier alpha value is -4.57. The Labute approximate surface area is 230 Å². The standard InChI is InChI=1S/C30H28FN3O6/c31-20-3-1-19(2-4-20)18-33-30(35)34-21-5-7-22(8-6-21)39-25-9-12-32-24-17-26(40-23-10-13-36-14-11-23)28-29(27(24)25)38-16-15-37-28/h1-9,12,17,23H,10-11,13-16,18H2,(H2,33,34,35).